The summed E-state index contributed by atoms with van der Waals surface area (Å²) in [6.45, 7) is 4.20. The van der Waals surface area contributed by atoms with Crippen LogP contribution >= 0.6 is 0 Å². The fraction of sp³-hybridized carbons (Fsp3) is 0.562. The van der Waals surface area contributed by atoms with E-state index in [0.29, 0.717) is 18.1 Å². The fourth-order valence-corrected chi connectivity index (χ4v) is 2.18. The van der Waals surface area contributed by atoms with Crippen LogP contribution in [-0.4, -0.2) is 45.8 Å². The number of rotatable bonds is 7. The summed E-state index contributed by atoms with van der Waals surface area (Å²) < 4.78 is 15.7. The number of benzene rings is 1. The van der Waals surface area contributed by atoms with Gasteiger partial charge in [-0.3, -0.25) is 9.69 Å². The average Bonchev–Trinajstić information content (AvgIpc) is 2.46. The lowest BCUT2D eigenvalue weighted by atomic mass is 9.87. The van der Waals surface area contributed by atoms with Crippen LogP contribution in [0.3, 0.4) is 0 Å². The number of methoxy groups -OCH3 is 2. The molecule has 0 aliphatic rings. The van der Waals surface area contributed by atoms with E-state index >= 15 is 0 Å². The highest BCUT2D eigenvalue weighted by molar-refractivity contribution is 5.71. The van der Waals surface area contributed by atoms with Gasteiger partial charge >= 0.3 is 5.97 Å². The number of carbonyl (C=O) groups is 1. The molecule has 0 fully saturated rings. The Morgan fingerprint density at radius 1 is 1.19 bits per heavy atom. The molecule has 0 saturated carbocycles. The summed E-state index contributed by atoms with van der Waals surface area (Å²) in [5.41, 5.74) is 0.490. The Kier molecular flexibility index (Phi) is 6.03. The second-order valence-electron chi connectivity index (χ2n) is 5.22. The van der Waals surface area contributed by atoms with Crippen molar-refractivity contribution >= 4 is 5.97 Å². The molecule has 1 atom stereocenters. The molecule has 0 aliphatic heterocycles. The van der Waals surface area contributed by atoms with Crippen LogP contribution in [0.4, 0.5) is 0 Å². The van der Waals surface area contributed by atoms with Gasteiger partial charge in [-0.25, -0.2) is 0 Å². The number of esters is 1. The number of hydrogen-bond donors (Lipinski definition) is 0. The molecule has 1 aromatic rings. The summed E-state index contributed by atoms with van der Waals surface area (Å²) in [6.07, 6.45) is 0.267. The van der Waals surface area contributed by atoms with Gasteiger partial charge in [-0.1, -0.05) is 6.07 Å². The molecule has 0 radical (unpaired) electrons. The molecule has 0 amide bonds. The molecule has 1 rings (SSSR count). The van der Waals surface area contributed by atoms with Crippen LogP contribution in [0.5, 0.6) is 11.5 Å². The maximum Gasteiger partial charge on any atom is 0.307 e. The molecular weight excluding hydrogens is 270 g/mol. The minimum Gasteiger partial charge on any atom is -0.493 e. The highest BCUT2D eigenvalue weighted by Gasteiger charge is 2.33. The van der Waals surface area contributed by atoms with E-state index in [2.05, 4.69) is 0 Å². The summed E-state index contributed by atoms with van der Waals surface area (Å²) in [7, 11) is 7.08. The third-order valence-electron chi connectivity index (χ3n) is 3.79. The smallest absolute Gasteiger partial charge is 0.307 e. The zero-order chi connectivity index (χ0) is 16.0. The zero-order valence-corrected chi connectivity index (χ0v) is 13.7. The molecule has 21 heavy (non-hydrogen) atoms. The van der Waals surface area contributed by atoms with Crippen LogP contribution in [0.1, 0.15) is 25.8 Å². The van der Waals surface area contributed by atoms with Gasteiger partial charge in [-0.05, 0) is 45.6 Å². The normalized spacial score (nSPS) is 13.7. The van der Waals surface area contributed by atoms with E-state index in [-0.39, 0.29) is 12.4 Å². The van der Waals surface area contributed by atoms with Crippen molar-refractivity contribution in [1.82, 2.24) is 4.90 Å². The largest absolute Gasteiger partial charge is 0.493 e. The molecule has 118 valence electrons. The van der Waals surface area contributed by atoms with E-state index in [1.807, 2.05) is 44.1 Å². The minimum atomic E-state index is -0.480. The van der Waals surface area contributed by atoms with Crippen LogP contribution in [0.25, 0.3) is 0 Å². The van der Waals surface area contributed by atoms with Gasteiger partial charge in [-0.2, -0.15) is 0 Å². The van der Waals surface area contributed by atoms with Gasteiger partial charge in [0.25, 0.3) is 0 Å². The summed E-state index contributed by atoms with van der Waals surface area (Å²) in [5, 5.41) is 0. The predicted octanol–water partition coefficient (Wildman–Crippen LogP) is 2.43. The molecule has 0 N–H and O–H groups in total. The maximum atomic E-state index is 11.9. The Morgan fingerprint density at radius 2 is 1.81 bits per heavy atom. The highest BCUT2D eigenvalue weighted by Crippen LogP contribution is 2.36. The zero-order valence-electron chi connectivity index (χ0n) is 13.7. The SMILES string of the molecule is CCOC(=O)CC(C)(c1ccc(OC)c(OC)c1)N(C)C. The van der Waals surface area contributed by atoms with E-state index in [0.717, 1.165) is 5.56 Å². The van der Waals surface area contributed by atoms with Gasteiger partial charge in [0, 0.05) is 0 Å². The Labute approximate surface area is 126 Å². The average molecular weight is 295 g/mol. The van der Waals surface area contributed by atoms with Gasteiger partial charge < -0.3 is 14.2 Å². The Morgan fingerprint density at radius 3 is 2.29 bits per heavy atom. The molecule has 0 spiro atoms. The minimum absolute atomic E-state index is 0.219. The first-order chi connectivity index (χ1) is 9.88. The Hall–Kier alpha value is -1.75. The second-order valence-corrected chi connectivity index (χ2v) is 5.22. The van der Waals surface area contributed by atoms with Crippen LogP contribution in [0.15, 0.2) is 18.2 Å². The van der Waals surface area contributed by atoms with Gasteiger partial charge in [0.05, 0.1) is 32.8 Å². The number of nitrogens with zero attached hydrogens (tertiary/aromatic N) is 1. The van der Waals surface area contributed by atoms with Gasteiger partial charge in [0.15, 0.2) is 11.5 Å². The van der Waals surface area contributed by atoms with E-state index < -0.39 is 5.54 Å². The number of ether oxygens (including phenoxy) is 3. The number of hydrogen-bond acceptors (Lipinski definition) is 5. The lowest BCUT2D eigenvalue weighted by Crippen LogP contribution is -2.40. The van der Waals surface area contributed by atoms with Crippen molar-refractivity contribution < 1.29 is 19.0 Å². The summed E-state index contributed by atoms with van der Waals surface area (Å²) in [4.78, 5) is 13.9. The topological polar surface area (TPSA) is 48.0 Å². The van der Waals surface area contributed by atoms with Crippen LogP contribution in [-0.2, 0) is 15.1 Å². The summed E-state index contributed by atoms with van der Waals surface area (Å²) in [6, 6.07) is 5.69. The molecule has 0 saturated heterocycles. The highest BCUT2D eigenvalue weighted by atomic mass is 16.5. The van der Waals surface area contributed by atoms with Crippen molar-refractivity contribution in [2.75, 3.05) is 34.9 Å². The lowest BCUT2D eigenvalue weighted by molar-refractivity contribution is -0.146. The monoisotopic (exact) mass is 295 g/mol. The van der Waals surface area contributed by atoms with Crippen LogP contribution < -0.4 is 9.47 Å². The molecule has 1 aromatic carbocycles. The van der Waals surface area contributed by atoms with Gasteiger partial charge in [0.2, 0.25) is 0 Å². The van der Waals surface area contributed by atoms with E-state index in [4.69, 9.17) is 14.2 Å². The van der Waals surface area contributed by atoms with Gasteiger partial charge in [0.1, 0.15) is 0 Å². The van der Waals surface area contributed by atoms with Crippen molar-refractivity contribution in [3.63, 3.8) is 0 Å². The van der Waals surface area contributed by atoms with Crippen molar-refractivity contribution in [3.05, 3.63) is 23.8 Å². The van der Waals surface area contributed by atoms with Crippen LogP contribution in [0.2, 0.25) is 0 Å². The van der Waals surface area contributed by atoms with E-state index in [9.17, 15) is 4.79 Å². The molecule has 0 aromatic heterocycles. The molecule has 0 bridgehead atoms. The molecule has 1 unspecified atom stereocenters. The van der Waals surface area contributed by atoms with Crippen molar-refractivity contribution in [3.8, 4) is 11.5 Å². The first kappa shape index (κ1) is 17.3. The first-order valence-electron chi connectivity index (χ1n) is 6.94. The molecule has 0 aliphatic carbocycles. The van der Waals surface area contributed by atoms with Crippen molar-refractivity contribution in [1.29, 1.82) is 0 Å². The maximum absolute atomic E-state index is 11.9. The van der Waals surface area contributed by atoms with Crippen molar-refractivity contribution in [2.45, 2.75) is 25.8 Å². The lowest BCUT2D eigenvalue weighted by Gasteiger charge is -2.36. The molecule has 5 heteroatoms. The third-order valence-corrected chi connectivity index (χ3v) is 3.79. The van der Waals surface area contributed by atoms with Crippen molar-refractivity contribution in [2.24, 2.45) is 0 Å². The quantitative estimate of drug-likeness (QED) is 0.723. The van der Waals surface area contributed by atoms with Crippen LogP contribution in [0, 0.1) is 0 Å². The second kappa shape index (κ2) is 7.31. The molecule has 0 heterocycles. The fourth-order valence-electron chi connectivity index (χ4n) is 2.18. The standard InChI is InChI=1S/C16H25NO4/c1-7-21-15(18)11-16(2,17(3)4)12-8-9-13(19-5)14(10-12)20-6/h8-10H,7,11H2,1-6H3. The molecular formula is C16H25NO4. The number of carbonyl (C=O) groups excluding carboxylic acids is 1. The summed E-state index contributed by atoms with van der Waals surface area (Å²) >= 11 is 0. The third kappa shape index (κ3) is 3.88. The van der Waals surface area contributed by atoms with Gasteiger partial charge in [-0.15, -0.1) is 0 Å². The molecule has 5 nitrogen and oxygen atoms in total. The first-order valence-corrected chi connectivity index (χ1v) is 6.94. The van der Waals surface area contributed by atoms with E-state index in [1.54, 1.807) is 21.1 Å². The Bertz CT molecular complexity index is 487. The van der Waals surface area contributed by atoms with E-state index in [1.165, 1.54) is 0 Å². The predicted molar refractivity (Wildman–Crippen MR) is 81.8 cm³/mol. The summed E-state index contributed by atoms with van der Waals surface area (Å²) in [5.74, 6) is 1.09. The Balaban J connectivity index is 3.18.